The molecule has 0 amide bonds. The van der Waals surface area contributed by atoms with Gasteiger partial charge in [0.1, 0.15) is 18.5 Å². The summed E-state index contributed by atoms with van der Waals surface area (Å²) in [7, 11) is 1.72. The Kier molecular flexibility index (Phi) is 9.04. The molecule has 1 atom stereocenters. The lowest BCUT2D eigenvalue weighted by atomic mass is 10.2. The van der Waals surface area contributed by atoms with E-state index in [1.807, 2.05) is 31.2 Å². The Morgan fingerprint density at radius 1 is 1.15 bits per heavy atom. The van der Waals surface area contributed by atoms with Gasteiger partial charge in [0.05, 0.1) is 0 Å². The second kappa shape index (κ2) is 10.7. The molecular weight excluding hydrogens is 254 g/mol. The van der Waals surface area contributed by atoms with Crippen LogP contribution in [0.1, 0.15) is 24.8 Å². The van der Waals surface area contributed by atoms with Crippen LogP contribution in [0, 0.1) is 6.92 Å². The number of rotatable bonds is 11. The number of methoxy groups -OCH3 is 1. The van der Waals surface area contributed by atoms with E-state index in [9.17, 15) is 5.11 Å². The smallest absolute Gasteiger partial charge is 0.119 e. The van der Waals surface area contributed by atoms with Crippen molar-refractivity contribution in [3.63, 3.8) is 0 Å². The van der Waals surface area contributed by atoms with E-state index in [0.29, 0.717) is 13.2 Å². The SMILES string of the molecule is COCCCCCNCC(O)COc1ccc(C)cc1. The maximum absolute atomic E-state index is 9.80. The van der Waals surface area contributed by atoms with Gasteiger partial charge in [0, 0.05) is 20.3 Å². The summed E-state index contributed by atoms with van der Waals surface area (Å²) in [5, 5.41) is 13.0. The van der Waals surface area contributed by atoms with Gasteiger partial charge < -0.3 is 19.9 Å². The quantitative estimate of drug-likeness (QED) is 0.610. The molecule has 0 fully saturated rings. The largest absolute Gasteiger partial charge is 0.491 e. The summed E-state index contributed by atoms with van der Waals surface area (Å²) >= 11 is 0. The van der Waals surface area contributed by atoms with Gasteiger partial charge in [-0.05, 0) is 44.9 Å². The molecule has 1 unspecified atom stereocenters. The zero-order valence-corrected chi connectivity index (χ0v) is 12.6. The topological polar surface area (TPSA) is 50.7 Å². The van der Waals surface area contributed by atoms with Gasteiger partial charge in [-0.25, -0.2) is 0 Å². The van der Waals surface area contributed by atoms with Crippen molar-refractivity contribution in [2.24, 2.45) is 0 Å². The van der Waals surface area contributed by atoms with Crippen molar-refractivity contribution in [3.8, 4) is 5.75 Å². The van der Waals surface area contributed by atoms with E-state index in [1.165, 1.54) is 5.56 Å². The monoisotopic (exact) mass is 281 g/mol. The fraction of sp³-hybridized carbons (Fsp3) is 0.625. The summed E-state index contributed by atoms with van der Waals surface area (Å²) in [5.74, 6) is 0.800. The highest BCUT2D eigenvalue weighted by atomic mass is 16.5. The van der Waals surface area contributed by atoms with Gasteiger partial charge in [-0.2, -0.15) is 0 Å². The summed E-state index contributed by atoms with van der Waals surface area (Å²) < 4.78 is 10.5. The molecule has 0 saturated heterocycles. The van der Waals surface area contributed by atoms with Crippen LogP contribution in [-0.4, -0.2) is 44.6 Å². The summed E-state index contributed by atoms with van der Waals surface area (Å²) in [5.41, 5.74) is 1.20. The molecule has 20 heavy (non-hydrogen) atoms. The van der Waals surface area contributed by atoms with Gasteiger partial charge >= 0.3 is 0 Å². The third-order valence-corrected chi connectivity index (χ3v) is 3.05. The van der Waals surface area contributed by atoms with E-state index in [2.05, 4.69) is 5.32 Å². The van der Waals surface area contributed by atoms with Crippen LogP contribution in [-0.2, 0) is 4.74 Å². The Morgan fingerprint density at radius 2 is 1.90 bits per heavy atom. The number of nitrogens with one attached hydrogen (secondary N) is 1. The van der Waals surface area contributed by atoms with Crippen molar-refractivity contribution >= 4 is 0 Å². The maximum Gasteiger partial charge on any atom is 0.119 e. The zero-order chi connectivity index (χ0) is 14.6. The van der Waals surface area contributed by atoms with Crippen molar-refractivity contribution < 1.29 is 14.6 Å². The molecule has 1 aromatic rings. The Bertz CT molecular complexity index is 340. The third kappa shape index (κ3) is 8.15. The molecule has 114 valence electrons. The van der Waals surface area contributed by atoms with E-state index >= 15 is 0 Å². The molecule has 4 nitrogen and oxygen atoms in total. The molecule has 0 aromatic heterocycles. The van der Waals surface area contributed by atoms with Crippen molar-refractivity contribution in [1.29, 1.82) is 0 Å². The van der Waals surface area contributed by atoms with Crippen LogP contribution in [0.25, 0.3) is 0 Å². The lowest BCUT2D eigenvalue weighted by Crippen LogP contribution is -2.32. The highest BCUT2D eigenvalue weighted by Crippen LogP contribution is 2.11. The highest BCUT2D eigenvalue weighted by Gasteiger charge is 2.04. The molecule has 1 aromatic carbocycles. The van der Waals surface area contributed by atoms with E-state index in [4.69, 9.17) is 9.47 Å². The minimum Gasteiger partial charge on any atom is -0.491 e. The molecular formula is C16H27NO3. The number of ether oxygens (including phenoxy) is 2. The molecule has 4 heteroatoms. The Morgan fingerprint density at radius 3 is 2.60 bits per heavy atom. The minimum absolute atomic E-state index is 0.319. The van der Waals surface area contributed by atoms with Crippen molar-refractivity contribution in [2.45, 2.75) is 32.3 Å². The molecule has 1 rings (SSSR count). The molecule has 0 radical (unpaired) electrons. The molecule has 0 heterocycles. The van der Waals surface area contributed by atoms with Gasteiger partial charge in [0.25, 0.3) is 0 Å². The van der Waals surface area contributed by atoms with E-state index in [1.54, 1.807) is 7.11 Å². The average molecular weight is 281 g/mol. The first kappa shape index (κ1) is 17.0. The molecule has 0 spiro atoms. The summed E-state index contributed by atoms with van der Waals surface area (Å²) in [6, 6.07) is 7.84. The normalized spacial score (nSPS) is 12.3. The van der Waals surface area contributed by atoms with Gasteiger partial charge in [-0.1, -0.05) is 17.7 Å². The number of aliphatic hydroxyl groups is 1. The van der Waals surface area contributed by atoms with Crippen LogP contribution in [0.15, 0.2) is 24.3 Å². The van der Waals surface area contributed by atoms with Crippen molar-refractivity contribution in [3.05, 3.63) is 29.8 Å². The lowest BCUT2D eigenvalue weighted by molar-refractivity contribution is 0.106. The standard InChI is InChI=1S/C16H27NO3/c1-14-6-8-16(9-7-14)20-13-15(18)12-17-10-4-3-5-11-19-2/h6-9,15,17-18H,3-5,10-13H2,1-2H3. The lowest BCUT2D eigenvalue weighted by Gasteiger charge is -2.13. The molecule has 0 saturated carbocycles. The first-order valence-corrected chi connectivity index (χ1v) is 7.29. The van der Waals surface area contributed by atoms with Gasteiger partial charge in [0.15, 0.2) is 0 Å². The highest BCUT2D eigenvalue weighted by molar-refractivity contribution is 5.26. The fourth-order valence-corrected chi connectivity index (χ4v) is 1.83. The van der Waals surface area contributed by atoms with E-state index in [-0.39, 0.29) is 0 Å². The first-order valence-electron chi connectivity index (χ1n) is 7.29. The number of aryl methyl sites for hydroxylation is 1. The average Bonchev–Trinajstić information content (AvgIpc) is 2.46. The first-order chi connectivity index (χ1) is 9.72. The van der Waals surface area contributed by atoms with E-state index in [0.717, 1.165) is 38.2 Å². The predicted molar refractivity (Wildman–Crippen MR) is 81.3 cm³/mol. The number of hydrogen-bond acceptors (Lipinski definition) is 4. The summed E-state index contributed by atoms with van der Waals surface area (Å²) in [6.07, 6.45) is 2.87. The van der Waals surface area contributed by atoms with Crippen LogP contribution >= 0.6 is 0 Å². The Hall–Kier alpha value is -1.10. The van der Waals surface area contributed by atoms with Crippen LogP contribution in [0.5, 0.6) is 5.75 Å². The van der Waals surface area contributed by atoms with Gasteiger partial charge in [0.2, 0.25) is 0 Å². The minimum atomic E-state index is -0.477. The second-order valence-electron chi connectivity index (χ2n) is 5.04. The molecule has 0 bridgehead atoms. The van der Waals surface area contributed by atoms with Gasteiger partial charge in [-0.3, -0.25) is 0 Å². The summed E-state index contributed by atoms with van der Waals surface area (Å²) in [6.45, 7) is 4.67. The molecule has 0 aliphatic heterocycles. The maximum atomic E-state index is 9.80. The molecule has 0 aliphatic carbocycles. The number of unbranched alkanes of at least 4 members (excludes halogenated alkanes) is 2. The Labute approximate surface area is 122 Å². The number of hydrogen-bond donors (Lipinski definition) is 2. The van der Waals surface area contributed by atoms with Crippen LogP contribution in [0.3, 0.4) is 0 Å². The summed E-state index contributed by atoms with van der Waals surface area (Å²) in [4.78, 5) is 0. The fourth-order valence-electron chi connectivity index (χ4n) is 1.83. The predicted octanol–water partition coefficient (Wildman–Crippen LogP) is 2.14. The third-order valence-electron chi connectivity index (χ3n) is 3.05. The van der Waals surface area contributed by atoms with E-state index < -0.39 is 6.10 Å². The van der Waals surface area contributed by atoms with Crippen molar-refractivity contribution in [1.82, 2.24) is 5.32 Å². The Balaban J connectivity index is 2.00. The van der Waals surface area contributed by atoms with Crippen LogP contribution < -0.4 is 10.1 Å². The number of benzene rings is 1. The second-order valence-corrected chi connectivity index (χ2v) is 5.04. The van der Waals surface area contributed by atoms with Crippen molar-refractivity contribution in [2.75, 3.05) is 33.4 Å². The van der Waals surface area contributed by atoms with Crippen LogP contribution in [0.4, 0.5) is 0 Å². The zero-order valence-electron chi connectivity index (χ0n) is 12.6. The molecule has 0 aliphatic rings. The van der Waals surface area contributed by atoms with Crippen LogP contribution in [0.2, 0.25) is 0 Å². The number of aliphatic hydroxyl groups excluding tert-OH is 1. The molecule has 2 N–H and O–H groups in total. The van der Waals surface area contributed by atoms with Gasteiger partial charge in [-0.15, -0.1) is 0 Å².